The topological polar surface area (TPSA) is 84.2 Å². The molecule has 124 valence electrons. The second-order valence-corrected chi connectivity index (χ2v) is 6.96. The van der Waals surface area contributed by atoms with Gasteiger partial charge in [0.15, 0.2) is 0 Å². The Balaban J connectivity index is 1.68. The van der Waals surface area contributed by atoms with Crippen molar-refractivity contribution in [3.63, 3.8) is 0 Å². The monoisotopic (exact) mass is 363 g/mol. The minimum absolute atomic E-state index is 0.00786. The van der Waals surface area contributed by atoms with E-state index in [1.165, 1.54) is 18.3 Å². The molecule has 0 bridgehead atoms. The van der Waals surface area contributed by atoms with Crippen LogP contribution in [0.4, 0.5) is 11.5 Å². The van der Waals surface area contributed by atoms with Crippen LogP contribution in [0.15, 0.2) is 70.3 Å². The number of hydrogen-bond acceptors (Lipinski definition) is 5. The summed E-state index contributed by atoms with van der Waals surface area (Å²) in [4.78, 5) is 4.10. The average molecular weight is 364 g/mol. The standard InChI is InChI=1S/C16H14ClN3O3S/c17-14-5-1-2-6-15(14)24(21,22)20-16-8-7-12(10-19-16)18-11-13-4-3-9-23-13/h1-10,18H,11H2,(H,19,20). The van der Waals surface area contributed by atoms with E-state index in [-0.39, 0.29) is 15.7 Å². The summed E-state index contributed by atoms with van der Waals surface area (Å²) in [5.74, 6) is 0.997. The molecule has 0 aliphatic carbocycles. The first kappa shape index (κ1) is 16.4. The summed E-state index contributed by atoms with van der Waals surface area (Å²) in [7, 11) is -3.78. The van der Waals surface area contributed by atoms with E-state index in [2.05, 4.69) is 15.0 Å². The molecule has 8 heteroatoms. The maximum absolute atomic E-state index is 12.3. The molecular weight excluding hydrogens is 350 g/mol. The second kappa shape index (κ2) is 6.94. The van der Waals surface area contributed by atoms with Crippen LogP contribution in [0.25, 0.3) is 0 Å². The first-order chi connectivity index (χ1) is 11.5. The van der Waals surface area contributed by atoms with E-state index >= 15 is 0 Å². The van der Waals surface area contributed by atoms with Gasteiger partial charge in [0.25, 0.3) is 10.0 Å². The van der Waals surface area contributed by atoms with Gasteiger partial charge in [-0.25, -0.2) is 13.4 Å². The van der Waals surface area contributed by atoms with E-state index in [4.69, 9.17) is 16.0 Å². The fourth-order valence-corrected chi connectivity index (χ4v) is 3.55. The van der Waals surface area contributed by atoms with Crippen LogP contribution in [-0.2, 0) is 16.6 Å². The van der Waals surface area contributed by atoms with Crippen LogP contribution in [0.5, 0.6) is 0 Å². The van der Waals surface area contributed by atoms with Gasteiger partial charge in [-0.1, -0.05) is 23.7 Å². The molecule has 0 fully saturated rings. The van der Waals surface area contributed by atoms with Crippen LogP contribution in [0, 0.1) is 0 Å². The van der Waals surface area contributed by atoms with Gasteiger partial charge in [-0.15, -0.1) is 0 Å². The lowest BCUT2D eigenvalue weighted by molar-refractivity contribution is 0.518. The Hall–Kier alpha value is -2.51. The minimum Gasteiger partial charge on any atom is -0.467 e. The van der Waals surface area contributed by atoms with Crippen LogP contribution in [0.3, 0.4) is 0 Å². The van der Waals surface area contributed by atoms with E-state index in [9.17, 15) is 8.42 Å². The van der Waals surface area contributed by atoms with Crippen molar-refractivity contribution in [2.24, 2.45) is 0 Å². The van der Waals surface area contributed by atoms with Gasteiger partial charge in [0.05, 0.1) is 29.7 Å². The molecule has 2 aromatic heterocycles. The first-order valence-electron chi connectivity index (χ1n) is 7.04. The van der Waals surface area contributed by atoms with E-state index in [0.29, 0.717) is 6.54 Å². The van der Waals surface area contributed by atoms with Crippen LogP contribution in [0.1, 0.15) is 5.76 Å². The lowest BCUT2D eigenvalue weighted by Crippen LogP contribution is -2.14. The number of furan rings is 1. The number of nitrogens with one attached hydrogen (secondary N) is 2. The fraction of sp³-hybridized carbons (Fsp3) is 0.0625. The average Bonchev–Trinajstić information content (AvgIpc) is 3.07. The van der Waals surface area contributed by atoms with Crippen LogP contribution in [-0.4, -0.2) is 13.4 Å². The number of rotatable bonds is 6. The molecule has 0 atom stereocenters. The maximum Gasteiger partial charge on any atom is 0.264 e. The van der Waals surface area contributed by atoms with Gasteiger partial charge in [0.1, 0.15) is 16.5 Å². The van der Waals surface area contributed by atoms with Gasteiger partial charge in [0, 0.05) is 0 Å². The minimum atomic E-state index is -3.78. The normalized spacial score (nSPS) is 11.2. The molecule has 0 saturated carbocycles. The highest BCUT2D eigenvalue weighted by molar-refractivity contribution is 7.92. The van der Waals surface area contributed by atoms with Crippen molar-refractivity contribution in [1.29, 1.82) is 0 Å². The molecule has 0 unspecified atom stereocenters. The number of nitrogens with zero attached hydrogens (tertiary/aromatic N) is 1. The van der Waals surface area contributed by atoms with Gasteiger partial charge in [-0.3, -0.25) is 4.72 Å². The van der Waals surface area contributed by atoms with E-state index in [1.54, 1.807) is 30.5 Å². The molecule has 0 saturated heterocycles. The lowest BCUT2D eigenvalue weighted by Gasteiger charge is -2.09. The third-order valence-electron chi connectivity index (χ3n) is 3.18. The Morgan fingerprint density at radius 2 is 1.92 bits per heavy atom. The molecule has 0 radical (unpaired) electrons. The zero-order valence-electron chi connectivity index (χ0n) is 12.4. The third kappa shape index (κ3) is 3.87. The summed E-state index contributed by atoms with van der Waals surface area (Å²) < 4.78 is 32.3. The van der Waals surface area contributed by atoms with Crippen molar-refractivity contribution in [3.8, 4) is 0 Å². The number of aromatic nitrogens is 1. The molecule has 0 aliphatic rings. The number of halogens is 1. The smallest absolute Gasteiger partial charge is 0.264 e. The highest BCUT2D eigenvalue weighted by atomic mass is 35.5. The van der Waals surface area contributed by atoms with Crippen molar-refractivity contribution < 1.29 is 12.8 Å². The molecule has 0 amide bonds. The van der Waals surface area contributed by atoms with Crippen LogP contribution in [0.2, 0.25) is 5.02 Å². The van der Waals surface area contributed by atoms with Crippen LogP contribution >= 0.6 is 11.6 Å². The number of hydrogen-bond donors (Lipinski definition) is 2. The number of pyridine rings is 1. The largest absolute Gasteiger partial charge is 0.467 e. The Morgan fingerprint density at radius 3 is 2.58 bits per heavy atom. The molecule has 6 nitrogen and oxygen atoms in total. The molecule has 0 aliphatic heterocycles. The molecule has 3 rings (SSSR count). The van der Waals surface area contributed by atoms with E-state index in [0.717, 1.165) is 11.4 Å². The SMILES string of the molecule is O=S(=O)(Nc1ccc(NCc2ccco2)cn1)c1ccccc1Cl. The zero-order valence-corrected chi connectivity index (χ0v) is 14.0. The molecular formula is C16H14ClN3O3S. The molecule has 1 aromatic carbocycles. The molecule has 3 aromatic rings. The molecule has 2 N–H and O–H groups in total. The fourth-order valence-electron chi connectivity index (χ4n) is 2.02. The number of benzene rings is 1. The lowest BCUT2D eigenvalue weighted by atomic mass is 10.4. The summed E-state index contributed by atoms with van der Waals surface area (Å²) in [5, 5.41) is 3.28. The van der Waals surface area contributed by atoms with E-state index in [1.807, 2.05) is 12.1 Å². The van der Waals surface area contributed by atoms with Gasteiger partial charge in [-0.05, 0) is 36.4 Å². The van der Waals surface area contributed by atoms with Crippen molar-refractivity contribution in [1.82, 2.24) is 4.98 Å². The number of sulfonamides is 1. The zero-order chi connectivity index (χ0) is 17.0. The van der Waals surface area contributed by atoms with Crippen molar-refractivity contribution in [2.75, 3.05) is 10.0 Å². The summed E-state index contributed by atoms with van der Waals surface area (Å²) in [6.45, 7) is 0.513. The van der Waals surface area contributed by atoms with E-state index < -0.39 is 10.0 Å². The predicted octanol–water partition coefficient (Wildman–Crippen LogP) is 3.74. The van der Waals surface area contributed by atoms with Gasteiger partial charge in [-0.2, -0.15) is 0 Å². The van der Waals surface area contributed by atoms with Crippen molar-refractivity contribution in [3.05, 3.63) is 71.8 Å². The van der Waals surface area contributed by atoms with Crippen molar-refractivity contribution >= 4 is 33.1 Å². The summed E-state index contributed by atoms with van der Waals surface area (Å²) in [6, 6.07) is 13.2. The highest BCUT2D eigenvalue weighted by Gasteiger charge is 2.17. The summed E-state index contributed by atoms with van der Waals surface area (Å²) in [6.07, 6.45) is 3.13. The quantitative estimate of drug-likeness (QED) is 0.697. The molecule has 24 heavy (non-hydrogen) atoms. The Kier molecular flexibility index (Phi) is 4.73. The van der Waals surface area contributed by atoms with Gasteiger partial charge >= 0.3 is 0 Å². The van der Waals surface area contributed by atoms with Crippen molar-refractivity contribution in [2.45, 2.75) is 11.4 Å². The highest BCUT2D eigenvalue weighted by Crippen LogP contribution is 2.23. The summed E-state index contributed by atoms with van der Waals surface area (Å²) in [5.41, 5.74) is 0.743. The Labute approximate surface area is 144 Å². The number of anilines is 2. The molecule has 0 spiro atoms. The van der Waals surface area contributed by atoms with Crippen LogP contribution < -0.4 is 10.0 Å². The Bertz CT molecular complexity index is 910. The second-order valence-electron chi connectivity index (χ2n) is 4.90. The van der Waals surface area contributed by atoms with Gasteiger partial charge in [0.2, 0.25) is 0 Å². The predicted molar refractivity (Wildman–Crippen MR) is 92.5 cm³/mol. The first-order valence-corrected chi connectivity index (χ1v) is 8.90. The molecule has 2 heterocycles. The third-order valence-corrected chi connectivity index (χ3v) is 5.03. The Morgan fingerprint density at radius 1 is 1.08 bits per heavy atom. The van der Waals surface area contributed by atoms with Gasteiger partial charge < -0.3 is 9.73 Å². The summed E-state index contributed by atoms with van der Waals surface area (Å²) >= 11 is 5.93. The maximum atomic E-state index is 12.3.